The number of benzene rings is 1. The molecule has 1 amide bonds. The SMILES string of the molecule is COC(=O)CCCN(C)C(=O)c1ccc2nc[nH]c2c1. The number of fused-ring (bicyclic) bond motifs is 1. The quantitative estimate of drug-likeness (QED) is 0.841. The van der Waals surface area contributed by atoms with E-state index in [9.17, 15) is 9.59 Å². The zero-order valence-corrected chi connectivity index (χ0v) is 11.5. The van der Waals surface area contributed by atoms with Crippen molar-refractivity contribution in [1.82, 2.24) is 14.9 Å². The van der Waals surface area contributed by atoms with Crippen molar-refractivity contribution in [1.29, 1.82) is 0 Å². The van der Waals surface area contributed by atoms with Crippen LogP contribution in [0.2, 0.25) is 0 Å². The average molecular weight is 275 g/mol. The number of nitrogens with one attached hydrogen (secondary N) is 1. The highest BCUT2D eigenvalue weighted by atomic mass is 16.5. The molecule has 2 rings (SSSR count). The van der Waals surface area contributed by atoms with Crippen LogP contribution in [0, 0.1) is 0 Å². The summed E-state index contributed by atoms with van der Waals surface area (Å²) >= 11 is 0. The van der Waals surface area contributed by atoms with Gasteiger partial charge in [0.1, 0.15) is 0 Å². The molecular weight excluding hydrogens is 258 g/mol. The predicted molar refractivity (Wildman–Crippen MR) is 74.3 cm³/mol. The van der Waals surface area contributed by atoms with Crippen molar-refractivity contribution in [2.45, 2.75) is 12.8 Å². The highest BCUT2D eigenvalue weighted by molar-refractivity contribution is 5.97. The maximum atomic E-state index is 12.2. The number of ether oxygens (including phenoxy) is 1. The van der Waals surface area contributed by atoms with E-state index < -0.39 is 0 Å². The first-order valence-corrected chi connectivity index (χ1v) is 6.37. The molecule has 0 atom stereocenters. The summed E-state index contributed by atoms with van der Waals surface area (Å²) in [4.78, 5) is 31.9. The fourth-order valence-corrected chi connectivity index (χ4v) is 1.95. The van der Waals surface area contributed by atoms with Crippen LogP contribution in [-0.4, -0.2) is 47.4 Å². The van der Waals surface area contributed by atoms with Crippen LogP contribution in [0.4, 0.5) is 0 Å². The van der Waals surface area contributed by atoms with Gasteiger partial charge in [-0.2, -0.15) is 0 Å². The van der Waals surface area contributed by atoms with E-state index in [0.29, 0.717) is 24.9 Å². The van der Waals surface area contributed by atoms with Crippen molar-refractivity contribution < 1.29 is 14.3 Å². The van der Waals surface area contributed by atoms with Crippen LogP contribution in [0.25, 0.3) is 11.0 Å². The molecule has 0 saturated heterocycles. The molecule has 106 valence electrons. The Morgan fingerprint density at radius 1 is 1.40 bits per heavy atom. The van der Waals surface area contributed by atoms with E-state index in [1.807, 2.05) is 0 Å². The Morgan fingerprint density at radius 3 is 2.95 bits per heavy atom. The van der Waals surface area contributed by atoms with E-state index >= 15 is 0 Å². The molecule has 1 N–H and O–H groups in total. The molecule has 0 spiro atoms. The van der Waals surface area contributed by atoms with Gasteiger partial charge in [-0.05, 0) is 24.6 Å². The minimum absolute atomic E-state index is 0.0774. The maximum absolute atomic E-state index is 12.2. The van der Waals surface area contributed by atoms with Crippen LogP contribution in [0.1, 0.15) is 23.2 Å². The molecule has 20 heavy (non-hydrogen) atoms. The molecule has 0 aliphatic carbocycles. The minimum atomic E-state index is -0.260. The summed E-state index contributed by atoms with van der Waals surface area (Å²) in [5.41, 5.74) is 2.26. The van der Waals surface area contributed by atoms with Crippen molar-refractivity contribution in [3.63, 3.8) is 0 Å². The van der Waals surface area contributed by atoms with E-state index in [4.69, 9.17) is 0 Å². The van der Waals surface area contributed by atoms with E-state index in [2.05, 4.69) is 14.7 Å². The zero-order valence-electron chi connectivity index (χ0n) is 11.5. The Kier molecular flexibility index (Phi) is 4.34. The van der Waals surface area contributed by atoms with E-state index in [-0.39, 0.29) is 11.9 Å². The molecule has 1 heterocycles. The fraction of sp³-hybridized carbons (Fsp3) is 0.357. The van der Waals surface area contributed by atoms with Gasteiger partial charge in [0.15, 0.2) is 0 Å². The lowest BCUT2D eigenvalue weighted by molar-refractivity contribution is -0.140. The number of carbonyl (C=O) groups excluding carboxylic acids is 2. The Balaban J connectivity index is 1.97. The normalized spacial score (nSPS) is 10.5. The maximum Gasteiger partial charge on any atom is 0.305 e. The van der Waals surface area contributed by atoms with Gasteiger partial charge in [-0.3, -0.25) is 9.59 Å². The molecule has 0 unspecified atom stereocenters. The lowest BCUT2D eigenvalue weighted by Gasteiger charge is -2.16. The number of imidazole rings is 1. The van der Waals surface area contributed by atoms with Crippen molar-refractivity contribution >= 4 is 22.9 Å². The summed E-state index contributed by atoms with van der Waals surface area (Å²) < 4.78 is 4.56. The van der Waals surface area contributed by atoms with Crippen molar-refractivity contribution in [3.8, 4) is 0 Å². The number of aromatic nitrogens is 2. The highest BCUT2D eigenvalue weighted by Crippen LogP contribution is 2.13. The molecular formula is C14H17N3O3. The standard InChI is InChI=1S/C14H17N3O3/c1-17(7-3-4-13(18)20-2)14(19)10-5-6-11-12(8-10)16-9-15-11/h5-6,8-9H,3-4,7H2,1-2H3,(H,15,16). The summed E-state index contributed by atoms with van der Waals surface area (Å²) in [6, 6.07) is 5.34. The summed E-state index contributed by atoms with van der Waals surface area (Å²) in [5.74, 6) is -0.337. The summed E-state index contributed by atoms with van der Waals surface area (Å²) in [7, 11) is 3.08. The van der Waals surface area contributed by atoms with Gasteiger partial charge in [0.05, 0.1) is 24.5 Å². The van der Waals surface area contributed by atoms with Crippen LogP contribution in [-0.2, 0) is 9.53 Å². The number of hydrogen-bond donors (Lipinski definition) is 1. The Labute approximate surface area is 116 Å². The number of H-pyrrole nitrogens is 1. The van der Waals surface area contributed by atoms with Crippen molar-refractivity contribution in [2.24, 2.45) is 0 Å². The Morgan fingerprint density at radius 2 is 2.20 bits per heavy atom. The summed E-state index contributed by atoms with van der Waals surface area (Å²) in [5, 5.41) is 0. The number of nitrogens with zero attached hydrogens (tertiary/aromatic N) is 2. The molecule has 0 aliphatic heterocycles. The molecule has 0 bridgehead atoms. The molecule has 0 radical (unpaired) electrons. The Hall–Kier alpha value is -2.37. The lowest BCUT2D eigenvalue weighted by atomic mass is 10.1. The number of carbonyl (C=O) groups is 2. The van der Waals surface area contributed by atoms with Crippen molar-refractivity contribution in [3.05, 3.63) is 30.1 Å². The van der Waals surface area contributed by atoms with E-state index in [1.165, 1.54) is 7.11 Å². The van der Waals surface area contributed by atoms with Crippen LogP contribution in [0.15, 0.2) is 24.5 Å². The fourth-order valence-electron chi connectivity index (χ4n) is 1.95. The predicted octanol–water partition coefficient (Wildman–Crippen LogP) is 1.59. The van der Waals surface area contributed by atoms with Crippen LogP contribution >= 0.6 is 0 Å². The molecule has 0 aliphatic rings. The van der Waals surface area contributed by atoms with Gasteiger partial charge in [-0.25, -0.2) is 4.98 Å². The number of hydrogen-bond acceptors (Lipinski definition) is 4. The molecule has 0 fully saturated rings. The van der Waals surface area contributed by atoms with Gasteiger partial charge in [-0.1, -0.05) is 0 Å². The summed E-state index contributed by atoms with van der Waals surface area (Å²) in [6.07, 6.45) is 2.49. The largest absolute Gasteiger partial charge is 0.469 e. The highest BCUT2D eigenvalue weighted by Gasteiger charge is 2.13. The second-order valence-corrected chi connectivity index (χ2v) is 4.54. The van der Waals surface area contributed by atoms with Crippen LogP contribution in [0.3, 0.4) is 0 Å². The van der Waals surface area contributed by atoms with E-state index in [0.717, 1.165) is 11.0 Å². The molecule has 1 aromatic heterocycles. The molecule has 6 nitrogen and oxygen atoms in total. The number of amides is 1. The third kappa shape index (κ3) is 3.14. The summed E-state index contributed by atoms with van der Waals surface area (Å²) in [6.45, 7) is 0.509. The topological polar surface area (TPSA) is 75.3 Å². The van der Waals surface area contributed by atoms with Gasteiger partial charge < -0.3 is 14.6 Å². The monoisotopic (exact) mass is 275 g/mol. The molecule has 6 heteroatoms. The average Bonchev–Trinajstić information content (AvgIpc) is 2.93. The van der Waals surface area contributed by atoms with Gasteiger partial charge in [0.2, 0.25) is 0 Å². The van der Waals surface area contributed by atoms with Crippen LogP contribution < -0.4 is 0 Å². The third-order valence-corrected chi connectivity index (χ3v) is 3.12. The van der Waals surface area contributed by atoms with Gasteiger partial charge in [0.25, 0.3) is 5.91 Å². The van der Waals surface area contributed by atoms with Crippen molar-refractivity contribution in [2.75, 3.05) is 20.7 Å². The second-order valence-electron chi connectivity index (χ2n) is 4.54. The smallest absolute Gasteiger partial charge is 0.305 e. The number of methoxy groups -OCH3 is 1. The second kappa shape index (κ2) is 6.18. The first-order chi connectivity index (χ1) is 9.61. The molecule has 0 saturated carbocycles. The number of aromatic amines is 1. The third-order valence-electron chi connectivity index (χ3n) is 3.12. The first-order valence-electron chi connectivity index (χ1n) is 6.37. The van der Waals surface area contributed by atoms with Crippen LogP contribution in [0.5, 0.6) is 0 Å². The molecule has 1 aromatic carbocycles. The Bertz CT molecular complexity index is 621. The minimum Gasteiger partial charge on any atom is -0.469 e. The number of esters is 1. The van der Waals surface area contributed by atoms with Gasteiger partial charge in [-0.15, -0.1) is 0 Å². The zero-order chi connectivity index (χ0) is 14.5. The lowest BCUT2D eigenvalue weighted by Crippen LogP contribution is -2.28. The number of rotatable bonds is 5. The van der Waals surface area contributed by atoms with Gasteiger partial charge in [0, 0.05) is 25.6 Å². The first kappa shape index (κ1) is 14.0. The van der Waals surface area contributed by atoms with E-state index in [1.54, 1.807) is 36.5 Å². The van der Waals surface area contributed by atoms with Gasteiger partial charge >= 0.3 is 5.97 Å². The molecule has 2 aromatic rings.